The first-order valence-corrected chi connectivity index (χ1v) is 8.79. The molecule has 0 amide bonds. The summed E-state index contributed by atoms with van der Waals surface area (Å²) in [6.07, 6.45) is 20.7. The van der Waals surface area contributed by atoms with Gasteiger partial charge < -0.3 is 9.84 Å². The Bertz CT molecular complexity index is 238. The number of aliphatic hydroxyl groups is 1. The van der Waals surface area contributed by atoms with Crippen molar-refractivity contribution >= 4 is 0 Å². The molecule has 0 spiro atoms. The molecular formula is C18H34O2. The average molecular weight is 282 g/mol. The molecular weight excluding hydrogens is 248 g/mol. The van der Waals surface area contributed by atoms with E-state index in [4.69, 9.17) is 9.84 Å². The zero-order valence-electron chi connectivity index (χ0n) is 13.4. The maximum absolute atomic E-state index is 8.67. The molecule has 0 radical (unpaired) electrons. The smallest absolute Gasteiger partial charge is 0.0841 e. The lowest BCUT2D eigenvalue weighted by atomic mass is 10.1. The quantitative estimate of drug-likeness (QED) is 0.276. The molecule has 1 N–H and O–H groups in total. The van der Waals surface area contributed by atoms with Crippen molar-refractivity contribution in [2.45, 2.75) is 96.2 Å². The van der Waals surface area contributed by atoms with E-state index in [0.717, 1.165) is 12.8 Å². The fourth-order valence-electron chi connectivity index (χ4n) is 2.68. The van der Waals surface area contributed by atoms with Gasteiger partial charge in [-0.15, -0.1) is 0 Å². The summed E-state index contributed by atoms with van der Waals surface area (Å²) < 4.78 is 5.71. The van der Waals surface area contributed by atoms with E-state index >= 15 is 0 Å². The second-order valence-corrected chi connectivity index (χ2v) is 6.04. The van der Waals surface area contributed by atoms with Gasteiger partial charge in [-0.25, -0.2) is 0 Å². The zero-order chi connectivity index (χ0) is 14.5. The third-order valence-corrected chi connectivity index (χ3v) is 4.08. The number of allylic oxidation sites excluding steroid dienone is 2. The van der Waals surface area contributed by atoms with Crippen LogP contribution >= 0.6 is 0 Å². The van der Waals surface area contributed by atoms with Gasteiger partial charge in [0.1, 0.15) is 0 Å². The molecule has 2 atom stereocenters. The molecule has 1 heterocycles. The summed E-state index contributed by atoms with van der Waals surface area (Å²) >= 11 is 0. The van der Waals surface area contributed by atoms with Crippen LogP contribution in [0, 0.1) is 0 Å². The molecule has 1 saturated heterocycles. The van der Waals surface area contributed by atoms with E-state index in [0.29, 0.717) is 18.8 Å². The van der Waals surface area contributed by atoms with Gasteiger partial charge in [-0.3, -0.25) is 0 Å². The standard InChI is InChI=1S/C18H34O2/c1-2-3-11-14-17-18(20-17)15-12-9-7-5-4-6-8-10-13-16-19/h4-5,17-19H,2-3,6-16H2,1H3. The van der Waals surface area contributed by atoms with Gasteiger partial charge in [0.15, 0.2) is 0 Å². The van der Waals surface area contributed by atoms with Crippen molar-refractivity contribution in [3.8, 4) is 0 Å². The predicted octanol–water partition coefficient (Wildman–Crippen LogP) is 5.00. The van der Waals surface area contributed by atoms with Gasteiger partial charge in [0, 0.05) is 6.61 Å². The summed E-state index contributed by atoms with van der Waals surface area (Å²) in [6, 6.07) is 0. The van der Waals surface area contributed by atoms with Crippen LogP contribution in [0.3, 0.4) is 0 Å². The molecule has 118 valence electrons. The third kappa shape index (κ3) is 9.55. The molecule has 1 aliphatic heterocycles. The normalized spacial score (nSPS) is 21.7. The highest BCUT2D eigenvalue weighted by atomic mass is 16.6. The van der Waals surface area contributed by atoms with E-state index < -0.39 is 0 Å². The Morgan fingerprint density at radius 2 is 1.40 bits per heavy atom. The first kappa shape index (κ1) is 17.7. The lowest BCUT2D eigenvalue weighted by Gasteiger charge is -1.97. The molecule has 0 saturated carbocycles. The molecule has 2 nitrogen and oxygen atoms in total. The van der Waals surface area contributed by atoms with Gasteiger partial charge in [-0.2, -0.15) is 0 Å². The number of hydrogen-bond donors (Lipinski definition) is 1. The van der Waals surface area contributed by atoms with E-state index in [2.05, 4.69) is 19.1 Å². The van der Waals surface area contributed by atoms with Crippen LogP contribution in [-0.4, -0.2) is 23.9 Å². The number of epoxide rings is 1. The van der Waals surface area contributed by atoms with Crippen molar-refractivity contribution in [2.24, 2.45) is 0 Å². The van der Waals surface area contributed by atoms with Crippen LogP contribution in [0.5, 0.6) is 0 Å². The summed E-state index contributed by atoms with van der Waals surface area (Å²) in [5.74, 6) is 0. The molecule has 0 aliphatic carbocycles. The second-order valence-electron chi connectivity index (χ2n) is 6.04. The fraction of sp³-hybridized carbons (Fsp3) is 0.889. The lowest BCUT2D eigenvalue weighted by molar-refractivity contribution is 0.283. The van der Waals surface area contributed by atoms with Gasteiger partial charge in [0.25, 0.3) is 0 Å². The Balaban J connectivity index is 1.78. The molecule has 0 aromatic heterocycles. The summed E-state index contributed by atoms with van der Waals surface area (Å²) in [6.45, 7) is 2.60. The van der Waals surface area contributed by atoms with Gasteiger partial charge in [0.05, 0.1) is 12.2 Å². The Morgan fingerprint density at radius 3 is 2.00 bits per heavy atom. The number of hydrogen-bond acceptors (Lipinski definition) is 2. The van der Waals surface area contributed by atoms with Crippen LogP contribution in [0.1, 0.15) is 84.0 Å². The minimum absolute atomic E-state index is 0.340. The van der Waals surface area contributed by atoms with Crippen molar-refractivity contribution in [3.63, 3.8) is 0 Å². The average Bonchev–Trinajstić information content (AvgIpc) is 3.20. The Labute approximate surface area is 125 Å². The molecule has 1 fully saturated rings. The first-order valence-electron chi connectivity index (χ1n) is 8.79. The van der Waals surface area contributed by atoms with Crippen LogP contribution in [0.25, 0.3) is 0 Å². The molecule has 0 aromatic carbocycles. The fourth-order valence-corrected chi connectivity index (χ4v) is 2.68. The maximum atomic E-state index is 8.67. The Morgan fingerprint density at radius 1 is 0.800 bits per heavy atom. The number of aliphatic hydroxyl groups excluding tert-OH is 1. The predicted molar refractivity (Wildman–Crippen MR) is 86.0 cm³/mol. The van der Waals surface area contributed by atoms with E-state index in [1.165, 1.54) is 64.2 Å². The molecule has 2 heteroatoms. The Hall–Kier alpha value is -0.340. The SMILES string of the molecule is CCCCCC1OC1CCCCC=CCCCCCO. The number of unbranched alkanes of at least 4 members (excludes halogenated alkanes) is 7. The van der Waals surface area contributed by atoms with Crippen LogP contribution in [-0.2, 0) is 4.74 Å². The van der Waals surface area contributed by atoms with Crippen LogP contribution < -0.4 is 0 Å². The number of ether oxygens (including phenoxy) is 1. The van der Waals surface area contributed by atoms with E-state index in [9.17, 15) is 0 Å². The highest BCUT2D eigenvalue weighted by Crippen LogP contribution is 2.31. The van der Waals surface area contributed by atoms with Gasteiger partial charge >= 0.3 is 0 Å². The van der Waals surface area contributed by atoms with E-state index in [1.807, 2.05) is 0 Å². The van der Waals surface area contributed by atoms with Crippen molar-refractivity contribution < 1.29 is 9.84 Å². The van der Waals surface area contributed by atoms with Gasteiger partial charge in [-0.1, -0.05) is 51.2 Å². The lowest BCUT2D eigenvalue weighted by Crippen LogP contribution is -1.94. The monoisotopic (exact) mass is 282 g/mol. The molecule has 1 aliphatic rings. The van der Waals surface area contributed by atoms with Gasteiger partial charge in [0.2, 0.25) is 0 Å². The second kappa shape index (κ2) is 12.4. The maximum Gasteiger partial charge on any atom is 0.0841 e. The van der Waals surface area contributed by atoms with E-state index in [1.54, 1.807) is 0 Å². The molecule has 2 unspecified atom stereocenters. The largest absolute Gasteiger partial charge is 0.396 e. The molecule has 1 rings (SSSR count). The van der Waals surface area contributed by atoms with Gasteiger partial charge in [-0.05, 0) is 44.9 Å². The topological polar surface area (TPSA) is 32.8 Å². The summed E-state index contributed by atoms with van der Waals surface area (Å²) in [5, 5.41) is 8.67. The molecule has 20 heavy (non-hydrogen) atoms. The van der Waals surface area contributed by atoms with Crippen molar-refractivity contribution in [3.05, 3.63) is 12.2 Å². The summed E-state index contributed by atoms with van der Waals surface area (Å²) in [5.41, 5.74) is 0. The van der Waals surface area contributed by atoms with Crippen molar-refractivity contribution in [1.82, 2.24) is 0 Å². The zero-order valence-corrected chi connectivity index (χ0v) is 13.4. The highest BCUT2D eigenvalue weighted by Gasteiger charge is 2.36. The summed E-state index contributed by atoms with van der Waals surface area (Å²) in [7, 11) is 0. The van der Waals surface area contributed by atoms with Crippen molar-refractivity contribution in [1.29, 1.82) is 0 Å². The minimum Gasteiger partial charge on any atom is -0.396 e. The molecule has 0 bridgehead atoms. The van der Waals surface area contributed by atoms with Crippen LogP contribution in [0.15, 0.2) is 12.2 Å². The minimum atomic E-state index is 0.340. The van der Waals surface area contributed by atoms with Crippen LogP contribution in [0.2, 0.25) is 0 Å². The third-order valence-electron chi connectivity index (χ3n) is 4.08. The highest BCUT2D eigenvalue weighted by molar-refractivity contribution is 4.85. The van der Waals surface area contributed by atoms with Crippen molar-refractivity contribution in [2.75, 3.05) is 6.61 Å². The van der Waals surface area contributed by atoms with Crippen LogP contribution in [0.4, 0.5) is 0 Å². The number of rotatable bonds is 14. The first-order chi connectivity index (χ1) is 9.88. The Kier molecular flexibility index (Phi) is 11.0. The van der Waals surface area contributed by atoms with E-state index in [-0.39, 0.29) is 0 Å². The molecule has 0 aromatic rings. The summed E-state index contributed by atoms with van der Waals surface area (Å²) in [4.78, 5) is 0.